The van der Waals surface area contributed by atoms with Crippen LogP contribution in [-0.2, 0) is 0 Å². The maximum atomic E-state index is 8.24. The van der Waals surface area contributed by atoms with Gasteiger partial charge in [0.25, 0.3) is 0 Å². The van der Waals surface area contributed by atoms with E-state index in [1.807, 2.05) is 0 Å². The molecular formula is Cl4Na4O8. The molecule has 0 aromatic heterocycles. The SMILES string of the molecule is [Na+].[Na+].[Na+].[Na+].[O-][Cl+][O-].[O-][Cl+][O-].[O-][Cl+][O-].[O-][Cl+][O-]. The Bertz CT molecular complexity index is 32.0. The number of hydrogen-bond acceptors (Lipinski definition) is 8. The third-order valence-electron chi connectivity index (χ3n) is 0. The van der Waals surface area contributed by atoms with E-state index in [2.05, 4.69) is 0 Å². The van der Waals surface area contributed by atoms with Crippen LogP contribution in [0.3, 0.4) is 0 Å². The number of halogens is 4. The second kappa shape index (κ2) is 90.1. The van der Waals surface area contributed by atoms with Crippen molar-refractivity contribution in [2.75, 3.05) is 0 Å². The molecule has 0 N–H and O–H groups in total. The molecule has 0 saturated carbocycles. The van der Waals surface area contributed by atoms with Crippen LogP contribution in [0.1, 0.15) is 0 Å². The molecule has 0 aliphatic heterocycles. The Kier molecular flexibility index (Phi) is 280. The van der Waals surface area contributed by atoms with Crippen LogP contribution < -0.4 is 156 Å². The largest absolute Gasteiger partial charge is 1.00 e. The summed E-state index contributed by atoms with van der Waals surface area (Å²) in [7, 11) is 0. The first-order valence-electron chi connectivity index (χ1n) is 1.23. The minimum absolute atomic E-state index is 0. The molecule has 0 radical (unpaired) electrons. The van der Waals surface area contributed by atoms with Crippen LogP contribution in [0.25, 0.3) is 0 Å². The zero-order valence-electron chi connectivity index (χ0n) is 8.78. The molecule has 0 unspecified atom stereocenters. The Morgan fingerprint density at radius 1 is 0.312 bits per heavy atom. The molecule has 16 heavy (non-hydrogen) atoms. The van der Waals surface area contributed by atoms with E-state index in [1.165, 1.54) is 0 Å². The maximum absolute atomic E-state index is 8.24. The van der Waals surface area contributed by atoms with Crippen molar-refractivity contribution in [1.29, 1.82) is 0 Å². The summed E-state index contributed by atoms with van der Waals surface area (Å²) in [6.45, 7) is 0. The summed E-state index contributed by atoms with van der Waals surface area (Å²) in [6, 6.07) is 0. The van der Waals surface area contributed by atoms with Crippen LogP contribution in [-0.4, -0.2) is 0 Å². The molecule has 0 heterocycles. The van der Waals surface area contributed by atoms with Gasteiger partial charge in [0.1, 0.15) is 0 Å². The van der Waals surface area contributed by atoms with E-state index in [9.17, 15) is 0 Å². The summed E-state index contributed by atoms with van der Waals surface area (Å²) in [5, 5.41) is 0. The first kappa shape index (κ1) is 49.8. The van der Waals surface area contributed by atoms with Crippen molar-refractivity contribution in [3.8, 4) is 0 Å². The van der Waals surface area contributed by atoms with E-state index in [1.54, 1.807) is 0 Å². The number of hydrogen-bond donors (Lipinski definition) is 0. The van der Waals surface area contributed by atoms with E-state index in [4.69, 9.17) is 37.3 Å². The minimum atomic E-state index is -0.417. The monoisotopic (exact) mass is 360 g/mol. The molecule has 0 aromatic carbocycles. The van der Waals surface area contributed by atoms with Gasteiger partial charge in [-0.25, -0.2) is 0 Å². The van der Waals surface area contributed by atoms with Crippen molar-refractivity contribution >= 4 is 0 Å². The molecule has 16 heteroatoms. The Morgan fingerprint density at radius 3 is 0.312 bits per heavy atom. The van der Waals surface area contributed by atoms with Gasteiger partial charge in [-0.05, 0) is 0 Å². The third-order valence-corrected chi connectivity index (χ3v) is 0. The van der Waals surface area contributed by atoms with E-state index in [0.29, 0.717) is 0 Å². The van der Waals surface area contributed by atoms with Crippen molar-refractivity contribution in [3.63, 3.8) is 0 Å². The summed E-state index contributed by atoms with van der Waals surface area (Å²) in [5.41, 5.74) is 0. The number of rotatable bonds is 0. The summed E-state index contributed by atoms with van der Waals surface area (Å²) in [4.78, 5) is 0. The zero-order valence-corrected chi connectivity index (χ0v) is 19.8. The Labute approximate surface area is 197 Å². The Balaban J connectivity index is -0.00000000821. The van der Waals surface area contributed by atoms with Gasteiger partial charge in [0.2, 0.25) is 0 Å². The molecular weight excluding hydrogens is 362 g/mol. The fraction of sp³-hybridized carbons (Fsp3) is 0. The molecule has 0 saturated heterocycles. The van der Waals surface area contributed by atoms with Crippen molar-refractivity contribution in [1.82, 2.24) is 0 Å². The van der Waals surface area contributed by atoms with Gasteiger partial charge in [-0.1, -0.05) is 0 Å². The van der Waals surface area contributed by atoms with Gasteiger partial charge >= 0.3 is 118 Å². The third kappa shape index (κ3) is 256. The molecule has 0 aliphatic carbocycles. The van der Waals surface area contributed by atoms with Gasteiger partial charge in [0.15, 0.2) is 0 Å². The minimum Gasteiger partial charge on any atom is -0.544 e. The summed E-state index contributed by atoms with van der Waals surface area (Å²) >= 11 is -1.67. The van der Waals surface area contributed by atoms with Crippen molar-refractivity contribution in [2.45, 2.75) is 0 Å². The first-order valence-corrected chi connectivity index (χ1v) is 3.70. The fourth-order valence-corrected chi connectivity index (χ4v) is 0. The molecule has 8 nitrogen and oxygen atoms in total. The Morgan fingerprint density at radius 2 is 0.312 bits per heavy atom. The van der Waals surface area contributed by atoms with Crippen LogP contribution >= 0.6 is 0 Å². The standard InChI is InChI=1S/4ClO2.4Na/c4*2-1-3;;;;/q4*-1;4*+1. The molecule has 0 amide bonds. The van der Waals surface area contributed by atoms with Crippen LogP contribution in [0.15, 0.2) is 0 Å². The summed E-state index contributed by atoms with van der Waals surface area (Å²) in [5.74, 6) is 0. The fourth-order valence-electron chi connectivity index (χ4n) is 0. The van der Waals surface area contributed by atoms with Crippen LogP contribution in [0.4, 0.5) is 0 Å². The zero-order chi connectivity index (χ0) is 10.8. The van der Waals surface area contributed by atoms with Gasteiger partial charge < -0.3 is 37.3 Å². The van der Waals surface area contributed by atoms with Gasteiger partial charge in [0, 0.05) is 0 Å². The van der Waals surface area contributed by atoms with E-state index in [-0.39, 0.29) is 118 Å². The maximum Gasteiger partial charge on any atom is 1.00 e. The van der Waals surface area contributed by atoms with E-state index < -0.39 is 45.3 Å². The van der Waals surface area contributed by atoms with Gasteiger partial charge in [-0.15, -0.1) is 0 Å². The van der Waals surface area contributed by atoms with Crippen LogP contribution in [0, 0.1) is 45.3 Å². The smallest absolute Gasteiger partial charge is 0.544 e. The molecule has 0 fully saturated rings. The molecule has 0 spiro atoms. The predicted octanol–water partition coefficient (Wildman–Crippen LogP) is -21.5. The Hall–Kier alpha value is 4.84. The predicted molar refractivity (Wildman–Crippen MR) is 0 cm³/mol. The topological polar surface area (TPSA) is 184 Å². The normalized spacial score (nSPS) is 4.50. The van der Waals surface area contributed by atoms with Crippen molar-refractivity contribution in [2.24, 2.45) is 0 Å². The average Bonchev–Trinajstić information content (AvgIpc) is 1.92. The van der Waals surface area contributed by atoms with Gasteiger partial charge in [-0.2, -0.15) is 0 Å². The van der Waals surface area contributed by atoms with Gasteiger partial charge in [-0.3, -0.25) is 0 Å². The second-order valence-corrected chi connectivity index (χ2v) is 0.756. The van der Waals surface area contributed by atoms with Crippen LogP contribution in [0.2, 0.25) is 0 Å². The molecule has 0 bridgehead atoms. The molecule has 80 valence electrons. The van der Waals surface area contributed by atoms with Crippen molar-refractivity contribution < 1.29 is 201 Å². The molecule has 0 aromatic rings. The van der Waals surface area contributed by atoms with E-state index >= 15 is 0 Å². The van der Waals surface area contributed by atoms with Crippen molar-refractivity contribution in [3.05, 3.63) is 0 Å². The average molecular weight is 362 g/mol. The molecule has 0 rings (SSSR count). The first-order chi connectivity index (χ1) is 5.66. The van der Waals surface area contributed by atoms with E-state index in [0.717, 1.165) is 0 Å². The summed E-state index contributed by atoms with van der Waals surface area (Å²) < 4.78 is 65.9. The van der Waals surface area contributed by atoms with Gasteiger partial charge in [0.05, 0.1) is 45.3 Å². The molecule has 0 atom stereocenters. The summed E-state index contributed by atoms with van der Waals surface area (Å²) in [6.07, 6.45) is 0. The quantitative estimate of drug-likeness (QED) is 0.380. The van der Waals surface area contributed by atoms with Crippen LogP contribution in [0.5, 0.6) is 0 Å². The molecule has 0 aliphatic rings. The second-order valence-electron chi connectivity index (χ2n) is 0.252.